The summed E-state index contributed by atoms with van der Waals surface area (Å²) in [5, 5.41) is 0. The molecule has 5 nitrogen and oxygen atoms in total. The lowest BCUT2D eigenvalue weighted by atomic mass is 10.3. The van der Waals surface area contributed by atoms with Gasteiger partial charge in [-0.15, -0.1) is 0 Å². The highest BCUT2D eigenvalue weighted by atomic mass is 16.5. The molecule has 0 N–H and O–H groups in total. The third kappa shape index (κ3) is 3.81. The Hall–Kier alpha value is -1.10. The number of hydrogen-bond donors (Lipinski definition) is 0. The Balaban J connectivity index is 2.23. The second-order valence-corrected chi connectivity index (χ2v) is 3.79. The molecule has 1 aliphatic heterocycles. The first-order valence-electron chi connectivity index (χ1n) is 5.63. The zero-order valence-electron chi connectivity index (χ0n) is 9.90. The van der Waals surface area contributed by atoms with E-state index in [0.717, 1.165) is 13.0 Å². The van der Waals surface area contributed by atoms with Crippen molar-refractivity contribution in [3.8, 4) is 0 Å². The molecule has 1 unspecified atom stereocenters. The van der Waals surface area contributed by atoms with Crippen LogP contribution in [0.3, 0.4) is 0 Å². The first kappa shape index (κ1) is 13.0. The van der Waals surface area contributed by atoms with E-state index in [4.69, 9.17) is 9.47 Å². The number of carbonyl (C=O) groups excluding carboxylic acids is 2. The lowest BCUT2D eigenvalue weighted by Crippen LogP contribution is -2.30. The minimum Gasteiger partial charge on any atom is -0.466 e. The standard InChI is InChI=1S/C11H19NO4/c1-3-16-11(14)5-4-10(13)12-7-6-9(8-12)15-2/h9H,3-8H2,1-2H3. The SMILES string of the molecule is CCOC(=O)CCC(=O)N1CCC(OC)C1. The van der Waals surface area contributed by atoms with E-state index in [2.05, 4.69) is 0 Å². The van der Waals surface area contributed by atoms with E-state index in [0.29, 0.717) is 13.2 Å². The van der Waals surface area contributed by atoms with Gasteiger partial charge in [-0.2, -0.15) is 0 Å². The van der Waals surface area contributed by atoms with Gasteiger partial charge in [0.1, 0.15) is 0 Å². The summed E-state index contributed by atoms with van der Waals surface area (Å²) in [6.07, 6.45) is 1.42. The second kappa shape index (κ2) is 6.48. The van der Waals surface area contributed by atoms with Crippen molar-refractivity contribution in [2.75, 3.05) is 26.8 Å². The van der Waals surface area contributed by atoms with Crippen molar-refractivity contribution in [3.05, 3.63) is 0 Å². The Kier molecular flexibility index (Phi) is 5.25. The van der Waals surface area contributed by atoms with E-state index in [9.17, 15) is 9.59 Å². The van der Waals surface area contributed by atoms with Crippen LogP contribution in [-0.4, -0.2) is 49.7 Å². The summed E-state index contributed by atoms with van der Waals surface area (Å²) in [6, 6.07) is 0. The van der Waals surface area contributed by atoms with Crippen LogP contribution in [0.4, 0.5) is 0 Å². The third-order valence-electron chi connectivity index (χ3n) is 2.68. The number of methoxy groups -OCH3 is 1. The maximum absolute atomic E-state index is 11.7. The van der Waals surface area contributed by atoms with Gasteiger partial charge in [-0.1, -0.05) is 0 Å². The highest BCUT2D eigenvalue weighted by molar-refractivity contribution is 5.81. The van der Waals surface area contributed by atoms with Crippen LogP contribution in [0.25, 0.3) is 0 Å². The van der Waals surface area contributed by atoms with E-state index in [1.165, 1.54) is 0 Å². The minimum atomic E-state index is -0.307. The highest BCUT2D eigenvalue weighted by Gasteiger charge is 2.25. The lowest BCUT2D eigenvalue weighted by molar-refractivity contribution is -0.145. The number of ether oxygens (including phenoxy) is 2. The minimum absolute atomic E-state index is 0.00704. The summed E-state index contributed by atoms with van der Waals surface area (Å²) >= 11 is 0. The van der Waals surface area contributed by atoms with Gasteiger partial charge in [0.2, 0.25) is 5.91 Å². The molecule has 1 aliphatic rings. The number of hydrogen-bond acceptors (Lipinski definition) is 4. The van der Waals surface area contributed by atoms with Crippen molar-refractivity contribution in [2.45, 2.75) is 32.3 Å². The van der Waals surface area contributed by atoms with Gasteiger partial charge in [-0.25, -0.2) is 0 Å². The van der Waals surface area contributed by atoms with Crippen molar-refractivity contribution in [1.29, 1.82) is 0 Å². The van der Waals surface area contributed by atoms with E-state index < -0.39 is 0 Å². The summed E-state index contributed by atoms with van der Waals surface area (Å²) in [4.78, 5) is 24.5. The quantitative estimate of drug-likeness (QED) is 0.647. The number of rotatable bonds is 5. The molecule has 0 spiro atoms. The maximum Gasteiger partial charge on any atom is 0.306 e. The fourth-order valence-electron chi connectivity index (χ4n) is 1.75. The Morgan fingerprint density at radius 3 is 2.69 bits per heavy atom. The molecular formula is C11H19NO4. The van der Waals surface area contributed by atoms with Crippen LogP contribution in [-0.2, 0) is 19.1 Å². The molecule has 0 aromatic rings. The molecule has 0 saturated carbocycles. The Morgan fingerprint density at radius 1 is 1.38 bits per heavy atom. The fourth-order valence-corrected chi connectivity index (χ4v) is 1.75. The zero-order chi connectivity index (χ0) is 12.0. The van der Waals surface area contributed by atoms with Crippen molar-refractivity contribution in [1.82, 2.24) is 4.90 Å². The number of amides is 1. The first-order valence-corrected chi connectivity index (χ1v) is 5.63. The van der Waals surface area contributed by atoms with Crippen LogP contribution in [0, 0.1) is 0 Å². The zero-order valence-corrected chi connectivity index (χ0v) is 9.90. The Labute approximate surface area is 95.7 Å². The number of nitrogens with zero attached hydrogens (tertiary/aromatic N) is 1. The molecule has 5 heteroatoms. The molecule has 1 atom stereocenters. The molecule has 0 aromatic heterocycles. The lowest BCUT2D eigenvalue weighted by Gasteiger charge is -2.15. The van der Waals surface area contributed by atoms with Gasteiger partial charge in [0, 0.05) is 26.6 Å². The average molecular weight is 229 g/mol. The average Bonchev–Trinajstić information content (AvgIpc) is 2.75. The van der Waals surface area contributed by atoms with Crippen molar-refractivity contribution < 1.29 is 19.1 Å². The molecule has 16 heavy (non-hydrogen) atoms. The second-order valence-electron chi connectivity index (χ2n) is 3.79. The molecule has 1 saturated heterocycles. The molecule has 1 fully saturated rings. The van der Waals surface area contributed by atoms with Gasteiger partial charge in [0.25, 0.3) is 0 Å². The van der Waals surface area contributed by atoms with Crippen molar-refractivity contribution in [3.63, 3.8) is 0 Å². The van der Waals surface area contributed by atoms with E-state index in [1.807, 2.05) is 0 Å². The smallest absolute Gasteiger partial charge is 0.306 e. The van der Waals surface area contributed by atoms with E-state index in [1.54, 1.807) is 18.9 Å². The van der Waals surface area contributed by atoms with Gasteiger partial charge < -0.3 is 14.4 Å². The van der Waals surface area contributed by atoms with E-state index >= 15 is 0 Å². The topological polar surface area (TPSA) is 55.8 Å². The van der Waals surface area contributed by atoms with Crippen LogP contribution in [0.2, 0.25) is 0 Å². The van der Waals surface area contributed by atoms with Gasteiger partial charge in [-0.3, -0.25) is 9.59 Å². The summed E-state index contributed by atoms with van der Waals surface area (Å²) in [6.45, 7) is 3.48. The van der Waals surface area contributed by atoms with Crippen LogP contribution in [0.5, 0.6) is 0 Å². The Bertz CT molecular complexity index is 254. The van der Waals surface area contributed by atoms with Crippen molar-refractivity contribution in [2.24, 2.45) is 0 Å². The maximum atomic E-state index is 11.7. The van der Waals surface area contributed by atoms with Crippen molar-refractivity contribution >= 4 is 11.9 Å². The largest absolute Gasteiger partial charge is 0.466 e. The predicted molar refractivity (Wildman–Crippen MR) is 57.9 cm³/mol. The summed E-state index contributed by atoms with van der Waals surface area (Å²) < 4.78 is 9.93. The van der Waals surface area contributed by atoms with Gasteiger partial charge in [0.05, 0.1) is 19.1 Å². The predicted octanol–water partition coefficient (Wildman–Crippen LogP) is 0.577. The first-order chi connectivity index (χ1) is 7.67. The molecular weight excluding hydrogens is 210 g/mol. The van der Waals surface area contributed by atoms with Gasteiger partial charge in [-0.05, 0) is 13.3 Å². The molecule has 0 aromatic carbocycles. The summed E-state index contributed by atoms with van der Waals surface area (Å²) in [5.74, 6) is -0.300. The number of esters is 1. The van der Waals surface area contributed by atoms with Gasteiger partial charge in [0.15, 0.2) is 0 Å². The monoisotopic (exact) mass is 229 g/mol. The molecule has 1 heterocycles. The van der Waals surface area contributed by atoms with E-state index in [-0.39, 0.29) is 30.8 Å². The summed E-state index contributed by atoms with van der Waals surface area (Å²) in [7, 11) is 1.65. The van der Waals surface area contributed by atoms with Crippen LogP contribution in [0.1, 0.15) is 26.2 Å². The molecule has 1 rings (SSSR count). The summed E-state index contributed by atoms with van der Waals surface area (Å²) in [5.41, 5.74) is 0. The third-order valence-corrected chi connectivity index (χ3v) is 2.68. The number of likely N-dealkylation sites (tertiary alicyclic amines) is 1. The highest BCUT2D eigenvalue weighted by Crippen LogP contribution is 2.13. The molecule has 0 radical (unpaired) electrons. The Morgan fingerprint density at radius 2 is 2.12 bits per heavy atom. The number of carbonyl (C=O) groups is 2. The molecule has 92 valence electrons. The molecule has 0 bridgehead atoms. The van der Waals surface area contributed by atoms with Crippen LogP contribution < -0.4 is 0 Å². The normalized spacial score (nSPS) is 19.9. The molecule has 0 aliphatic carbocycles. The van der Waals surface area contributed by atoms with Crippen LogP contribution in [0.15, 0.2) is 0 Å². The fraction of sp³-hybridized carbons (Fsp3) is 0.818. The van der Waals surface area contributed by atoms with Crippen LogP contribution >= 0.6 is 0 Å². The van der Waals surface area contributed by atoms with Gasteiger partial charge >= 0.3 is 5.97 Å². The molecule has 1 amide bonds.